The smallest absolute Gasteiger partial charge is 0.251 e. The van der Waals surface area contributed by atoms with Crippen molar-refractivity contribution in [1.29, 1.82) is 0 Å². The van der Waals surface area contributed by atoms with Crippen LogP contribution in [-0.2, 0) is 17.7 Å². The highest BCUT2D eigenvalue weighted by atomic mass is 19.1. The third-order valence-electron chi connectivity index (χ3n) is 6.82. The second-order valence-electron chi connectivity index (χ2n) is 9.63. The molecule has 1 amide bonds. The van der Waals surface area contributed by atoms with E-state index in [1.807, 2.05) is 32.3 Å². The van der Waals surface area contributed by atoms with Crippen LogP contribution < -0.4 is 11.1 Å². The molecule has 3 aromatic rings. The summed E-state index contributed by atoms with van der Waals surface area (Å²) in [4.78, 5) is 22.5. The van der Waals surface area contributed by atoms with E-state index in [-0.39, 0.29) is 34.2 Å². The van der Waals surface area contributed by atoms with Crippen LogP contribution in [-0.4, -0.2) is 54.6 Å². The first-order valence-electron chi connectivity index (χ1n) is 12.1. The summed E-state index contributed by atoms with van der Waals surface area (Å²) in [5.74, 6) is -1.63. The number of nitrogens with one attached hydrogen (secondary N) is 1. The zero-order valence-corrected chi connectivity index (χ0v) is 20.4. The van der Waals surface area contributed by atoms with Gasteiger partial charge in [-0.05, 0) is 74.2 Å². The zero-order chi connectivity index (χ0) is 25.4. The van der Waals surface area contributed by atoms with Crippen molar-refractivity contribution in [2.75, 3.05) is 39.6 Å². The lowest BCUT2D eigenvalue weighted by atomic mass is 9.87. The molecule has 188 valence electrons. The van der Waals surface area contributed by atoms with Gasteiger partial charge in [0.05, 0.1) is 0 Å². The maximum Gasteiger partial charge on any atom is 0.251 e. The van der Waals surface area contributed by atoms with E-state index in [1.165, 1.54) is 11.6 Å². The van der Waals surface area contributed by atoms with E-state index in [0.717, 1.165) is 31.6 Å². The molecule has 2 aliphatic rings. The van der Waals surface area contributed by atoms with Crippen LogP contribution >= 0.6 is 0 Å². The summed E-state index contributed by atoms with van der Waals surface area (Å²) < 4.78 is 35.7. The molecule has 1 aromatic heterocycles. The summed E-state index contributed by atoms with van der Waals surface area (Å²) in [6, 6.07) is 8.55. The number of carbonyl (C=O) groups excluding carboxylic acids is 1. The SMILES string of the molecule is CN(C)Cc1cc(-c2nc(-c3cc4c(cc3F)C(=O)NCC4)c(N)nc2F)ccc1C1CCOCC1. The highest BCUT2D eigenvalue weighted by Crippen LogP contribution is 2.35. The molecule has 7 nitrogen and oxygen atoms in total. The molecule has 0 unspecified atom stereocenters. The topological polar surface area (TPSA) is 93.4 Å². The quantitative estimate of drug-likeness (QED) is 0.560. The minimum Gasteiger partial charge on any atom is -0.382 e. The molecule has 3 heterocycles. The van der Waals surface area contributed by atoms with Gasteiger partial charge in [0.25, 0.3) is 5.91 Å². The number of hydrogen-bond donors (Lipinski definition) is 2. The van der Waals surface area contributed by atoms with E-state index in [4.69, 9.17) is 10.5 Å². The minimum absolute atomic E-state index is 0.00703. The van der Waals surface area contributed by atoms with Gasteiger partial charge in [0.1, 0.15) is 17.2 Å². The van der Waals surface area contributed by atoms with Gasteiger partial charge in [-0.2, -0.15) is 9.37 Å². The molecule has 5 rings (SSSR count). The Morgan fingerprint density at radius 2 is 1.86 bits per heavy atom. The molecule has 0 atom stereocenters. The average molecular weight is 494 g/mol. The third kappa shape index (κ3) is 4.68. The number of carbonyl (C=O) groups is 1. The van der Waals surface area contributed by atoms with Gasteiger partial charge in [-0.3, -0.25) is 4.79 Å². The highest BCUT2D eigenvalue weighted by molar-refractivity contribution is 5.97. The van der Waals surface area contributed by atoms with E-state index in [2.05, 4.69) is 20.2 Å². The predicted molar refractivity (Wildman–Crippen MR) is 133 cm³/mol. The molecule has 1 saturated heterocycles. The summed E-state index contributed by atoms with van der Waals surface area (Å²) in [5.41, 5.74) is 10.00. The van der Waals surface area contributed by atoms with Gasteiger partial charge in [-0.1, -0.05) is 12.1 Å². The summed E-state index contributed by atoms with van der Waals surface area (Å²) >= 11 is 0. The van der Waals surface area contributed by atoms with Crippen molar-refractivity contribution < 1.29 is 18.3 Å². The molecule has 0 bridgehead atoms. The van der Waals surface area contributed by atoms with Crippen LogP contribution in [0, 0.1) is 11.8 Å². The molecule has 0 radical (unpaired) electrons. The summed E-state index contributed by atoms with van der Waals surface area (Å²) in [5, 5.41) is 2.70. The molecule has 36 heavy (non-hydrogen) atoms. The van der Waals surface area contributed by atoms with Gasteiger partial charge in [-0.25, -0.2) is 9.37 Å². The second kappa shape index (κ2) is 9.91. The Morgan fingerprint density at radius 1 is 1.08 bits per heavy atom. The van der Waals surface area contributed by atoms with Crippen molar-refractivity contribution in [2.45, 2.75) is 31.7 Å². The van der Waals surface area contributed by atoms with Crippen molar-refractivity contribution in [3.05, 3.63) is 64.4 Å². The number of ether oxygens (including phenoxy) is 1. The number of nitrogen functional groups attached to an aromatic ring is 1. The van der Waals surface area contributed by atoms with Gasteiger partial charge in [-0.15, -0.1) is 0 Å². The Morgan fingerprint density at radius 3 is 2.61 bits per heavy atom. The molecule has 0 aliphatic carbocycles. The summed E-state index contributed by atoms with van der Waals surface area (Å²) in [6.07, 6.45) is 2.43. The fourth-order valence-electron chi connectivity index (χ4n) is 5.07. The van der Waals surface area contributed by atoms with Crippen molar-refractivity contribution in [3.8, 4) is 22.5 Å². The molecular formula is C27H29F2N5O2. The third-order valence-corrected chi connectivity index (χ3v) is 6.82. The number of fused-ring (bicyclic) bond motifs is 1. The first kappa shape index (κ1) is 24.3. The van der Waals surface area contributed by atoms with E-state index in [0.29, 0.717) is 36.6 Å². The van der Waals surface area contributed by atoms with Crippen LogP contribution in [0.4, 0.5) is 14.6 Å². The summed E-state index contributed by atoms with van der Waals surface area (Å²) in [7, 11) is 3.97. The Hall–Kier alpha value is -3.43. The van der Waals surface area contributed by atoms with Crippen molar-refractivity contribution >= 4 is 11.7 Å². The Bertz CT molecular complexity index is 1320. The second-order valence-corrected chi connectivity index (χ2v) is 9.63. The first-order valence-corrected chi connectivity index (χ1v) is 12.1. The van der Waals surface area contributed by atoms with Gasteiger partial charge in [0, 0.05) is 43.0 Å². The minimum atomic E-state index is -0.816. The number of rotatable bonds is 5. The lowest BCUT2D eigenvalue weighted by Gasteiger charge is -2.26. The predicted octanol–water partition coefficient (Wildman–Crippen LogP) is 3.91. The van der Waals surface area contributed by atoms with Crippen LogP contribution in [0.2, 0.25) is 0 Å². The highest BCUT2D eigenvalue weighted by Gasteiger charge is 2.24. The molecule has 2 aliphatic heterocycles. The van der Waals surface area contributed by atoms with Crippen LogP contribution in [0.25, 0.3) is 22.5 Å². The standard InChI is InChI=1S/C27H29F2N5O2/c1-34(2)14-18-11-17(3-4-19(18)15-6-9-36-10-7-15)23-25(29)33-26(30)24(32-23)21-12-16-5-8-31-27(35)20(16)13-22(21)28/h3-4,11-13,15H,5-10,14H2,1-2H3,(H2,30,33)(H,31,35). The maximum absolute atomic E-state index is 15.1. The van der Waals surface area contributed by atoms with E-state index in [9.17, 15) is 4.79 Å². The summed E-state index contributed by atoms with van der Waals surface area (Å²) in [6.45, 7) is 2.59. The monoisotopic (exact) mass is 493 g/mol. The molecular weight excluding hydrogens is 464 g/mol. The maximum atomic E-state index is 15.1. The molecule has 2 aromatic carbocycles. The van der Waals surface area contributed by atoms with E-state index < -0.39 is 11.8 Å². The Kier molecular flexibility index (Phi) is 6.68. The van der Waals surface area contributed by atoms with E-state index >= 15 is 8.78 Å². The number of nitrogens with zero attached hydrogens (tertiary/aromatic N) is 3. The molecule has 3 N–H and O–H groups in total. The largest absolute Gasteiger partial charge is 0.382 e. The first-order chi connectivity index (χ1) is 17.3. The number of benzene rings is 2. The normalized spacial score (nSPS) is 16.2. The fraction of sp³-hybridized carbons (Fsp3) is 0.370. The lowest BCUT2D eigenvalue weighted by Crippen LogP contribution is -2.32. The van der Waals surface area contributed by atoms with Crippen molar-refractivity contribution in [1.82, 2.24) is 20.2 Å². The zero-order valence-electron chi connectivity index (χ0n) is 20.4. The average Bonchev–Trinajstić information content (AvgIpc) is 2.85. The number of anilines is 1. The van der Waals surface area contributed by atoms with Gasteiger partial charge >= 0.3 is 0 Å². The number of nitrogens with two attached hydrogens (primary N) is 1. The number of amides is 1. The van der Waals surface area contributed by atoms with Crippen LogP contribution in [0.15, 0.2) is 30.3 Å². The van der Waals surface area contributed by atoms with Crippen LogP contribution in [0.1, 0.15) is 45.8 Å². The van der Waals surface area contributed by atoms with E-state index in [1.54, 1.807) is 6.07 Å². The van der Waals surface area contributed by atoms with Crippen molar-refractivity contribution in [2.24, 2.45) is 0 Å². The molecule has 0 spiro atoms. The van der Waals surface area contributed by atoms with Crippen LogP contribution in [0.3, 0.4) is 0 Å². The fourth-order valence-corrected chi connectivity index (χ4v) is 5.07. The number of aromatic nitrogens is 2. The molecule has 9 heteroatoms. The Labute approximate surface area is 208 Å². The van der Waals surface area contributed by atoms with Gasteiger partial charge in [0.2, 0.25) is 5.95 Å². The van der Waals surface area contributed by atoms with Crippen molar-refractivity contribution in [3.63, 3.8) is 0 Å². The lowest BCUT2D eigenvalue weighted by molar-refractivity contribution is 0.0850. The van der Waals surface area contributed by atoms with Gasteiger partial charge < -0.3 is 20.7 Å². The number of hydrogen-bond acceptors (Lipinski definition) is 6. The molecule has 1 fully saturated rings. The van der Waals surface area contributed by atoms with Crippen LogP contribution in [0.5, 0.6) is 0 Å². The molecule has 0 saturated carbocycles. The Balaban J connectivity index is 1.59. The van der Waals surface area contributed by atoms with Gasteiger partial charge in [0.15, 0.2) is 5.82 Å². The number of halogens is 2.